The number of halogens is 1. The van der Waals surface area contributed by atoms with Crippen molar-refractivity contribution in [3.05, 3.63) is 69.9 Å². The molecule has 0 saturated carbocycles. The van der Waals surface area contributed by atoms with Crippen molar-refractivity contribution < 1.29 is 4.42 Å². The molecular formula is C17H13ClO2. The molecule has 3 rings (SSSR count). The molecule has 20 heavy (non-hydrogen) atoms. The molecule has 0 aliphatic heterocycles. The zero-order chi connectivity index (χ0) is 14.1. The standard InChI is InChI=1S/C17H13ClO2/c1-11-15(19)14-9-5-8-13(10-18)17(14)20-16(11)12-6-3-2-4-7-12/h2-9H,10H2,1H3. The fourth-order valence-electron chi connectivity index (χ4n) is 2.34. The van der Waals surface area contributed by atoms with Gasteiger partial charge in [-0.05, 0) is 13.0 Å². The van der Waals surface area contributed by atoms with Crippen LogP contribution in [0.3, 0.4) is 0 Å². The molecule has 2 aromatic carbocycles. The van der Waals surface area contributed by atoms with E-state index in [1.165, 1.54) is 0 Å². The Kier molecular flexibility index (Phi) is 3.33. The molecule has 0 atom stereocenters. The summed E-state index contributed by atoms with van der Waals surface area (Å²) in [6.07, 6.45) is 0. The van der Waals surface area contributed by atoms with E-state index in [4.69, 9.17) is 16.0 Å². The molecule has 1 aromatic heterocycles. The van der Waals surface area contributed by atoms with Gasteiger partial charge in [-0.2, -0.15) is 0 Å². The molecule has 0 unspecified atom stereocenters. The Balaban J connectivity index is 2.40. The number of hydrogen-bond donors (Lipinski definition) is 0. The third-order valence-corrected chi connectivity index (χ3v) is 3.69. The van der Waals surface area contributed by atoms with Crippen LogP contribution in [0.25, 0.3) is 22.3 Å². The predicted molar refractivity (Wildman–Crippen MR) is 82.2 cm³/mol. The number of para-hydroxylation sites is 1. The lowest BCUT2D eigenvalue weighted by atomic mass is 10.0. The van der Waals surface area contributed by atoms with Gasteiger partial charge in [0.1, 0.15) is 11.3 Å². The molecule has 0 fully saturated rings. The van der Waals surface area contributed by atoms with Crippen LogP contribution in [0.5, 0.6) is 0 Å². The monoisotopic (exact) mass is 284 g/mol. The van der Waals surface area contributed by atoms with E-state index in [1.54, 1.807) is 13.0 Å². The summed E-state index contributed by atoms with van der Waals surface area (Å²) >= 11 is 5.93. The van der Waals surface area contributed by atoms with E-state index < -0.39 is 0 Å². The summed E-state index contributed by atoms with van der Waals surface area (Å²) in [7, 11) is 0. The maximum absolute atomic E-state index is 12.5. The van der Waals surface area contributed by atoms with Crippen molar-refractivity contribution in [3.63, 3.8) is 0 Å². The van der Waals surface area contributed by atoms with Crippen LogP contribution >= 0.6 is 11.6 Å². The Bertz CT molecular complexity index is 820. The van der Waals surface area contributed by atoms with Crippen LogP contribution in [0.1, 0.15) is 11.1 Å². The van der Waals surface area contributed by atoms with E-state index in [2.05, 4.69) is 0 Å². The second-order valence-corrected chi connectivity index (χ2v) is 4.95. The van der Waals surface area contributed by atoms with Gasteiger partial charge in [0.15, 0.2) is 5.43 Å². The fourth-order valence-corrected chi connectivity index (χ4v) is 2.55. The third kappa shape index (κ3) is 2.02. The van der Waals surface area contributed by atoms with E-state index in [0.29, 0.717) is 28.2 Å². The first kappa shape index (κ1) is 12.9. The van der Waals surface area contributed by atoms with Crippen LogP contribution in [-0.2, 0) is 5.88 Å². The van der Waals surface area contributed by atoms with Crippen molar-refractivity contribution in [1.29, 1.82) is 0 Å². The molecule has 0 saturated heterocycles. The highest BCUT2D eigenvalue weighted by Gasteiger charge is 2.14. The van der Waals surface area contributed by atoms with Crippen molar-refractivity contribution in [2.45, 2.75) is 12.8 Å². The normalized spacial score (nSPS) is 10.9. The topological polar surface area (TPSA) is 30.2 Å². The highest BCUT2D eigenvalue weighted by Crippen LogP contribution is 2.27. The largest absolute Gasteiger partial charge is 0.455 e. The average Bonchev–Trinajstić information content (AvgIpc) is 2.51. The van der Waals surface area contributed by atoms with Crippen LogP contribution in [0.2, 0.25) is 0 Å². The summed E-state index contributed by atoms with van der Waals surface area (Å²) in [5.74, 6) is 0.929. The Hall–Kier alpha value is -2.06. The summed E-state index contributed by atoms with van der Waals surface area (Å²) in [4.78, 5) is 12.5. The van der Waals surface area contributed by atoms with Crippen molar-refractivity contribution in [2.24, 2.45) is 0 Å². The smallest absolute Gasteiger partial charge is 0.196 e. The highest BCUT2D eigenvalue weighted by molar-refractivity contribution is 6.17. The lowest BCUT2D eigenvalue weighted by Crippen LogP contribution is -2.08. The molecule has 2 nitrogen and oxygen atoms in total. The van der Waals surface area contributed by atoms with Gasteiger partial charge in [-0.25, -0.2) is 0 Å². The van der Waals surface area contributed by atoms with Crippen molar-refractivity contribution >= 4 is 22.6 Å². The molecule has 100 valence electrons. The molecular weight excluding hydrogens is 272 g/mol. The summed E-state index contributed by atoms with van der Waals surface area (Å²) in [6.45, 7) is 1.79. The van der Waals surface area contributed by atoms with Crippen LogP contribution in [-0.4, -0.2) is 0 Å². The third-order valence-electron chi connectivity index (χ3n) is 3.41. The van der Waals surface area contributed by atoms with Crippen molar-refractivity contribution in [2.75, 3.05) is 0 Å². The molecule has 0 aliphatic carbocycles. The molecule has 0 amide bonds. The Morgan fingerprint density at radius 1 is 1.05 bits per heavy atom. The van der Waals surface area contributed by atoms with Crippen LogP contribution < -0.4 is 5.43 Å². The average molecular weight is 285 g/mol. The van der Waals surface area contributed by atoms with Crippen LogP contribution in [0.15, 0.2) is 57.7 Å². The molecule has 3 heteroatoms. The number of alkyl halides is 1. The van der Waals surface area contributed by atoms with E-state index in [1.807, 2.05) is 42.5 Å². The van der Waals surface area contributed by atoms with Gasteiger partial charge in [0.2, 0.25) is 0 Å². The molecule has 3 aromatic rings. The Morgan fingerprint density at radius 3 is 2.50 bits per heavy atom. The van der Waals surface area contributed by atoms with Gasteiger partial charge < -0.3 is 4.42 Å². The zero-order valence-electron chi connectivity index (χ0n) is 11.0. The van der Waals surface area contributed by atoms with Gasteiger partial charge in [0.25, 0.3) is 0 Å². The van der Waals surface area contributed by atoms with Gasteiger partial charge in [-0.1, -0.05) is 42.5 Å². The number of hydrogen-bond acceptors (Lipinski definition) is 2. The fraction of sp³-hybridized carbons (Fsp3) is 0.118. The molecule has 0 N–H and O–H groups in total. The van der Waals surface area contributed by atoms with Gasteiger partial charge in [0.05, 0.1) is 11.3 Å². The van der Waals surface area contributed by atoms with E-state index in [0.717, 1.165) is 11.1 Å². The van der Waals surface area contributed by atoms with E-state index in [-0.39, 0.29) is 5.43 Å². The van der Waals surface area contributed by atoms with E-state index >= 15 is 0 Å². The first-order chi connectivity index (χ1) is 9.72. The maximum atomic E-state index is 12.5. The van der Waals surface area contributed by atoms with Crippen molar-refractivity contribution in [3.8, 4) is 11.3 Å². The van der Waals surface area contributed by atoms with Gasteiger partial charge in [-0.3, -0.25) is 4.79 Å². The van der Waals surface area contributed by atoms with E-state index in [9.17, 15) is 4.79 Å². The second-order valence-electron chi connectivity index (χ2n) is 4.68. The quantitative estimate of drug-likeness (QED) is 0.648. The maximum Gasteiger partial charge on any atom is 0.196 e. The van der Waals surface area contributed by atoms with Gasteiger partial charge in [-0.15, -0.1) is 11.6 Å². The zero-order valence-corrected chi connectivity index (χ0v) is 11.8. The second kappa shape index (κ2) is 5.14. The minimum absolute atomic E-state index is 0.00271. The van der Waals surface area contributed by atoms with Gasteiger partial charge >= 0.3 is 0 Å². The minimum Gasteiger partial charge on any atom is -0.455 e. The molecule has 0 radical (unpaired) electrons. The number of benzene rings is 2. The SMILES string of the molecule is Cc1c(-c2ccccc2)oc2c(CCl)cccc2c1=O. The predicted octanol–water partition coefficient (Wildman–Crippen LogP) is 4.51. The Labute approximate surface area is 121 Å². The first-order valence-corrected chi connectivity index (χ1v) is 6.92. The molecule has 0 aliphatic rings. The highest BCUT2D eigenvalue weighted by atomic mass is 35.5. The molecule has 1 heterocycles. The number of fused-ring (bicyclic) bond motifs is 1. The first-order valence-electron chi connectivity index (χ1n) is 6.39. The Morgan fingerprint density at radius 2 is 1.80 bits per heavy atom. The summed E-state index contributed by atoms with van der Waals surface area (Å²) in [6, 6.07) is 15.1. The summed E-state index contributed by atoms with van der Waals surface area (Å²) in [5.41, 5.74) is 2.93. The lowest BCUT2D eigenvalue weighted by molar-refractivity contribution is 0.611. The van der Waals surface area contributed by atoms with Gasteiger partial charge in [0, 0.05) is 16.7 Å². The lowest BCUT2D eigenvalue weighted by Gasteiger charge is -2.09. The number of rotatable bonds is 2. The van der Waals surface area contributed by atoms with Crippen LogP contribution in [0, 0.1) is 6.92 Å². The van der Waals surface area contributed by atoms with Crippen molar-refractivity contribution in [1.82, 2.24) is 0 Å². The van der Waals surface area contributed by atoms with Crippen LogP contribution in [0.4, 0.5) is 0 Å². The molecule has 0 spiro atoms. The minimum atomic E-state index is -0.00271. The summed E-state index contributed by atoms with van der Waals surface area (Å²) < 4.78 is 6.00. The molecule has 0 bridgehead atoms. The summed E-state index contributed by atoms with van der Waals surface area (Å²) in [5, 5.41) is 0.584.